The second kappa shape index (κ2) is 9.06. The Kier molecular flexibility index (Phi) is 10.2. The first kappa shape index (κ1) is 32.5. The van der Waals surface area contributed by atoms with Gasteiger partial charge in [0, 0.05) is 0 Å². The zero-order valence-electron chi connectivity index (χ0n) is 12.2. The van der Waals surface area contributed by atoms with Crippen molar-refractivity contribution in [1.29, 1.82) is 0 Å². The molecule has 2 unspecified atom stereocenters. The van der Waals surface area contributed by atoms with Gasteiger partial charge in [0.05, 0.1) is 0 Å². The first-order valence-corrected chi connectivity index (χ1v) is 13.3. The second-order valence-corrected chi connectivity index (χ2v) is 18.4. The highest BCUT2D eigenvalue weighted by molar-refractivity contribution is 6.83. The summed E-state index contributed by atoms with van der Waals surface area (Å²) in [6.45, 7) is 0. The van der Waals surface area contributed by atoms with Crippen LogP contribution in [-0.4, -0.2) is 39.0 Å². The van der Waals surface area contributed by atoms with E-state index in [1.807, 2.05) is 0 Å². The summed E-state index contributed by atoms with van der Waals surface area (Å²) < 4.78 is -17.1. The third kappa shape index (κ3) is 4.15. The van der Waals surface area contributed by atoms with Gasteiger partial charge in [0.1, 0.15) is 10.3 Å². The van der Waals surface area contributed by atoms with Gasteiger partial charge in [0.15, 0.2) is 22.7 Å². The average molecular weight is 794 g/mol. The molecule has 0 aromatic carbocycles. The summed E-state index contributed by atoms with van der Waals surface area (Å²) in [5.74, 6) is 0. The quantitative estimate of drug-likeness (QED) is 0.232. The van der Waals surface area contributed by atoms with E-state index in [-0.39, 0.29) is 0 Å². The number of rotatable bonds is 1. The van der Waals surface area contributed by atoms with Crippen LogP contribution in [0, 0.1) is 5.38 Å². The van der Waals surface area contributed by atoms with Gasteiger partial charge in [-0.05, 0) is 0 Å². The topological polar surface area (TPSA) is 0 Å². The largest absolute Gasteiger partial charge is 0.215 e. The van der Waals surface area contributed by atoms with E-state index in [2.05, 4.69) is 0 Å². The highest BCUT2D eigenvalue weighted by Gasteiger charge is 2.93. The molecule has 0 spiro atoms. The van der Waals surface area contributed by atoms with Crippen LogP contribution in [0.3, 0.4) is 0 Å². The van der Waals surface area contributed by atoms with Gasteiger partial charge in [-0.25, -0.2) is 0 Å². The summed E-state index contributed by atoms with van der Waals surface area (Å²) in [4.78, 5) is -8.79. The van der Waals surface area contributed by atoms with E-state index in [4.69, 9.17) is 220 Å². The van der Waals surface area contributed by atoms with E-state index in [0.717, 1.165) is 0 Å². The van der Waals surface area contributed by atoms with E-state index in [9.17, 15) is 0 Å². The van der Waals surface area contributed by atoms with Crippen molar-refractivity contribution in [3.05, 3.63) is 5.38 Å². The Morgan fingerprint density at radius 3 is 1.07 bits per heavy atom. The summed E-state index contributed by atoms with van der Waals surface area (Å²) in [6.07, 6.45) is 0. The SMILES string of the molecule is Cl[C]1C(Cl)(Cl)C(Cl)(C(Cl)(Cl)Cl)C(Cl)(Cl)C(Cl)(Cl)C1(Cl)C(Cl)(C(Cl)(Cl)Cl)C(Cl)(Cl)Cl. The van der Waals surface area contributed by atoms with Crippen LogP contribution in [0.15, 0.2) is 0 Å². The Morgan fingerprint density at radius 2 is 0.828 bits per heavy atom. The number of hydrogen-bond acceptors (Lipinski definition) is 0. The Morgan fingerprint density at radius 1 is 0.517 bits per heavy atom. The summed E-state index contributed by atoms with van der Waals surface area (Å²) in [6, 6.07) is 0. The van der Waals surface area contributed by atoms with Gasteiger partial charge in [0.25, 0.3) is 0 Å². The molecule has 2 atom stereocenters. The lowest BCUT2D eigenvalue weighted by Crippen LogP contribution is -2.85. The van der Waals surface area contributed by atoms with Crippen LogP contribution in [-0.2, 0) is 0 Å². The minimum Gasteiger partial charge on any atom is -0.112 e. The first-order chi connectivity index (χ1) is 12.2. The van der Waals surface area contributed by atoms with Crippen molar-refractivity contribution in [2.45, 2.75) is 39.0 Å². The van der Waals surface area contributed by atoms with Crippen molar-refractivity contribution in [2.24, 2.45) is 0 Å². The molecule has 0 heterocycles. The van der Waals surface area contributed by atoms with Crippen LogP contribution in [0.5, 0.6) is 0 Å². The van der Waals surface area contributed by atoms with Crippen LogP contribution in [0.4, 0.5) is 0 Å². The molecule has 0 nitrogen and oxygen atoms in total. The van der Waals surface area contributed by atoms with Crippen molar-refractivity contribution in [1.82, 2.24) is 0 Å². The number of hydrogen-bond donors (Lipinski definition) is 0. The Labute approximate surface area is 261 Å². The predicted octanol–water partition coefficient (Wildman–Crippen LogP) is 11.3. The predicted molar refractivity (Wildman–Crippen MR) is 139 cm³/mol. The van der Waals surface area contributed by atoms with E-state index in [0.29, 0.717) is 0 Å². The summed E-state index contributed by atoms with van der Waals surface area (Å²) in [5.41, 5.74) is 0. The van der Waals surface area contributed by atoms with Gasteiger partial charge in [-0.3, -0.25) is 0 Å². The zero-order valence-corrected chi connectivity index (χ0v) is 26.5. The monoisotopic (exact) mass is 784 g/mol. The van der Waals surface area contributed by atoms with Crippen molar-refractivity contribution in [3.8, 4) is 0 Å². The molecule has 173 valence electrons. The standard InChI is InChI=1S/C10Cl19/c11-1-2(12,4(15,8(21,22)23)9(24,25)26)6(17,18)7(19,20)5(16,3(1,13)14)10(27,28)29. The summed E-state index contributed by atoms with van der Waals surface area (Å²) in [7, 11) is 0. The molecule has 0 aromatic heterocycles. The normalized spacial score (nSPS) is 33.6. The molecule has 1 aliphatic carbocycles. The maximum atomic E-state index is 6.64. The zero-order chi connectivity index (χ0) is 24.1. The Balaban J connectivity index is 4.23. The summed E-state index contributed by atoms with van der Waals surface area (Å²) in [5, 5.41) is -0.995. The number of alkyl halides is 18. The molecule has 1 radical (unpaired) electrons. The van der Waals surface area contributed by atoms with Crippen molar-refractivity contribution >= 4 is 220 Å². The van der Waals surface area contributed by atoms with Gasteiger partial charge in [-0.1, -0.05) is 174 Å². The Bertz CT molecular complexity index is 635. The molecule has 0 bridgehead atoms. The molecule has 0 amide bonds. The van der Waals surface area contributed by atoms with Gasteiger partial charge in [-0.15, -0.1) is 46.4 Å². The van der Waals surface area contributed by atoms with E-state index in [1.165, 1.54) is 0 Å². The highest BCUT2D eigenvalue weighted by Crippen LogP contribution is 2.82. The molecular formula is C10Cl19. The van der Waals surface area contributed by atoms with Gasteiger partial charge in [-0.2, -0.15) is 0 Å². The molecule has 29 heavy (non-hydrogen) atoms. The highest BCUT2D eigenvalue weighted by atomic mass is 35.6. The van der Waals surface area contributed by atoms with E-state index >= 15 is 0 Å². The van der Waals surface area contributed by atoms with E-state index < -0.39 is 44.4 Å². The third-order valence-electron chi connectivity index (χ3n) is 3.92. The maximum absolute atomic E-state index is 6.64. The minimum absolute atomic E-state index is 0.995. The maximum Gasteiger partial charge on any atom is 0.215 e. The molecular weight excluding hydrogens is 794 g/mol. The van der Waals surface area contributed by atoms with Gasteiger partial charge >= 0.3 is 0 Å². The fourth-order valence-electron chi connectivity index (χ4n) is 2.41. The lowest BCUT2D eigenvalue weighted by atomic mass is 9.72. The van der Waals surface area contributed by atoms with Crippen LogP contribution in [0.2, 0.25) is 0 Å². The smallest absolute Gasteiger partial charge is 0.112 e. The van der Waals surface area contributed by atoms with Crippen LogP contribution >= 0.6 is 220 Å². The first-order valence-electron chi connectivity index (χ1n) is 6.09. The van der Waals surface area contributed by atoms with Gasteiger partial charge < -0.3 is 0 Å². The molecule has 0 saturated heterocycles. The van der Waals surface area contributed by atoms with E-state index in [1.54, 1.807) is 0 Å². The second-order valence-electron chi connectivity index (χ2n) is 5.51. The Hall–Kier alpha value is 5.51. The fourth-order valence-corrected chi connectivity index (χ4v) is 11.0. The van der Waals surface area contributed by atoms with Crippen molar-refractivity contribution < 1.29 is 0 Å². The van der Waals surface area contributed by atoms with Crippen LogP contribution in [0.25, 0.3) is 0 Å². The lowest BCUT2D eigenvalue weighted by Gasteiger charge is -2.67. The third-order valence-corrected chi connectivity index (χ3v) is 14.9. The molecule has 1 fully saturated rings. The molecule has 19 heteroatoms. The van der Waals surface area contributed by atoms with Crippen molar-refractivity contribution in [3.63, 3.8) is 0 Å². The molecule has 1 rings (SSSR count). The lowest BCUT2D eigenvalue weighted by molar-refractivity contribution is 0.272. The molecule has 1 aliphatic rings. The van der Waals surface area contributed by atoms with Gasteiger partial charge in [0.2, 0.25) is 11.4 Å². The molecule has 0 aliphatic heterocycles. The summed E-state index contributed by atoms with van der Waals surface area (Å²) >= 11 is 118. The molecule has 1 saturated carbocycles. The molecule has 0 aromatic rings. The average Bonchev–Trinajstić information content (AvgIpc) is 2.46. The van der Waals surface area contributed by atoms with Crippen LogP contribution in [0.1, 0.15) is 0 Å². The van der Waals surface area contributed by atoms with Crippen molar-refractivity contribution in [2.75, 3.05) is 0 Å². The van der Waals surface area contributed by atoms with Crippen LogP contribution < -0.4 is 0 Å². The minimum atomic E-state index is -2.99. The fraction of sp³-hybridized carbons (Fsp3) is 0.900. The molecule has 0 N–H and O–H groups in total. The number of halogens is 19.